The lowest BCUT2D eigenvalue weighted by molar-refractivity contribution is 0.0636. The van der Waals surface area contributed by atoms with Crippen LogP contribution in [0.25, 0.3) is 0 Å². The average Bonchev–Trinajstić information content (AvgIpc) is 2.17. The fourth-order valence-corrected chi connectivity index (χ4v) is 1.48. The average molecular weight is 316 g/mol. The zero-order chi connectivity index (χ0) is 13.9. The second kappa shape index (κ2) is 5.34. The lowest BCUT2D eigenvalue weighted by Gasteiger charge is -2.20. The minimum atomic E-state index is -0.672. The zero-order valence-corrected chi connectivity index (χ0v) is 11.9. The second-order valence-corrected chi connectivity index (χ2v) is 5.36. The van der Waals surface area contributed by atoms with Crippen molar-refractivity contribution in [3.05, 3.63) is 22.4 Å². The molecule has 0 fully saturated rings. The SMILES string of the molecule is CC(C)(C)OC(=O)Nc1cnc(Br)cc1C(N)=O. The fraction of sp³-hybridized carbons (Fsp3) is 0.364. The number of nitrogens with two attached hydrogens (primary N) is 1. The van der Waals surface area contributed by atoms with E-state index < -0.39 is 17.6 Å². The number of rotatable bonds is 2. The lowest BCUT2D eigenvalue weighted by Crippen LogP contribution is -2.28. The Morgan fingerprint density at radius 1 is 1.44 bits per heavy atom. The largest absolute Gasteiger partial charge is 0.444 e. The van der Waals surface area contributed by atoms with E-state index in [1.54, 1.807) is 20.8 Å². The third-order valence-electron chi connectivity index (χ3n) is 1.77. The molecule has 0 spiro atoms. The maximum atomic E-state index is 11.6. The van der Waals surface area contributed by atoms with Crippen LogP contribution in [0, 0.1) is 0 Å². The van der Waals surface area contributed by atoms with Gasteiger partial charge in [-0.2, -0.15) is 0 Å². The number of hydrogen-bond acceptors (Lipinski definition) is 4. The molecule has 0 atom stereocenters. The molecular weight excluding hydrogens is 302 g/mol. The summed E-state index contributed by atoms with van der Waals surface area (Å²) in [5.74, 6) is -0.663. The quantitative estimate of drug-likeness (QED) is 0.819. The second-order valence-electron chi connectivity index (χ2n) is 4.54. The number of carbonyl (C=O) groups is 2. The Bertz CT molecular complexity index is 483. The van der Waals surface area contributed by atoms with E-state index in [9.17, 15) is 9.59 Å². The van der Waals surface area contributed by atoms with Crippen LogP contribution in [0.4, 0.5) is 10.5 Å². The number of anilines is 1. The summed E-state index contributed by atoms with van der Waals surface area (Å²) in [6.45, 7) is 5.21. The summed E-state index contributed by atoms with van der Waals surface area (Å²) in [5, 5.41) is 2.43. The van der Waals surface area contributed by atoms with Gasteiger partial charge in [-0.25, -0.2) is 9.78 Å². The van der Waals surface area contributed by atoms with Gasteiger partial charge in [0.05, 0.1) is 17.4 Å². The van der Waals surface area contributed by atoms with Crippen LogP contribution >= 0.6 is 15.9 Å². The molecule has 7 heteroatoms. The Kier molecular flexibility index (Phi) is 4.28. The topological polar surface area (TPSA) is 94.3 Å². The number of aromatic nitrogens is 1. The number of carbonyl (C=O) groups excluding carboxylic acids is 2. The van der Waals surface area contributed by atoms with Gasteiger partial charge in [-0.3, -0.25) is 10.1 Å². The molecule has 0 saturated heterocycles. The van der Waals surface area contributed by atoms with Gasteiger partial charge in [0.25, 0.3) is 5.91 Å². The van der Waals surface area contributed by atoms with Crippen LogP contribution in [0.15, 0.2) is 16.9 Å². The van der Waals surface area contributed by atoms with E-state index >= 15 is 0 Å². The summed E-state index contributed by atoms with van der Waals surface area (Å²) in [6, 6.07) is 1.43. The number of pyridine rings is 1. The molecule has 3 N–H and O–H groups in total. The number of nitrogens with zero attached hydrogens (tertiary/aromatic N) is 1. The number of halogens is 1. The highest BCUT2D eigenvalue weighted by Gasteiger charge is 2.18. The molecule has 0 bridgehead atoms. The van der Waals surface area contributed by atoms with E-state index in [1.807, 2.05) is 0 Å². The van der Waals surface area contributed by atoms with Crippen molar-refractivity contribution in [1.29, 1.82) is 0 Å². The summed E-state index contributed by atoms with van der Waals surface area (Å²) < 4.78 is 5.51. The van der Waals surface area contributed by atoms with Crippen LogP contribution in [-0.2, 0) is 4.74 Å². The summed E-state index contributed by atoms with van der Waals surface area (Å²) in [4.78, 5) is 26.7. The third-order valence-corrected chi connectivity index (χ3v) is 2.21. The molecule has 1 rings (SSSR count). The van der Waals surface area contributed by atoms with E-state index in [2.05, 4.69) is 26.2 Å². The van der Waals surface area contributed by atoms with Crippen molar-refractivity contribution in [2.75, 3.05) is 5.32 Å². The van der Waals surface area contributed by atoms with Gasteiger partial charge in [0.15, 0.2) is 0 Å². The van der Waals surface area contributed by atoms with Gasteiger partial charge in [-0.05, 0) is 42.8 Å². The minimum absolute atomic E-state index is 0.155. The molecule has 0 aliphatic carbocycles. The van der Waals surface area contributed by atoms with Gasteiger partial charge in [0.2, 0.25) is 0 Å². The predicted molar refractivity (Wildman–Crippen MR) is 70.3 cm³/mol. The van der Waals surface area contributed by atoms with Crippen molar-refractivity contribution in [2.24, 2.45) is 5.73 Å². The molecule has 18 heavy (non-hydrogen) atoms. The number of ether oxygens (including phenoxy) is 1. The predicted octanol–water partition coefficient (Wildman–Crippen LogP) is 2.29. The Hall–Kier alpha value is -1.63. The van der Waals surface area contributed by atoms with Gasteiger partial charge >= 0.3 is 6.09 Å². The van der Waals surface area contributed by atoms with Gasteiger partial charge in [-0.1, -0.05) is 0 Å². The van der Waals surface area contributed by atoms with Crippen molar-refractivity contribution >= 4 is 33.6 Å². The third kappa shape index (κ3) is 4.33. The molecular formula is C11H14BrN3O3. The number of hydrogen-bond donors (Lipinski definition) is 2. The molecule has 0 aromatic carbocycles. The first-order chi connectivity index (χ1) is 8.19. The Balaban J connectivity index is 2.91. The summed E-state index contributed by atoms with van der Waals surface area (Å²) in [7, 11) is 0. The maximum Gasteiger partial charge on any atom is 0.412 e. The normalized spacial score (nSPS) is 10.9. The van der Waals surface area contributed by atoms with Crippen LogP contribution in [0.2, 0.25) is 0 Å². The van der Waals surface area contributed by atoms with Gasteiger partial charge in [0, 0.05) is 0 Å². The summed E-state index contributed by atoms with van der Waals surface area (Å²) in [6.07, 6.45) is 0.655. The maximum absolute atomic E-state index is 11.6. The zero-order valence-electron chi connectivity index (χ0n) is 10.3. The molecule has 0 saturated carbocycles. The first-order valence-corrected chi connectivity index (χ1v) is 5.93. The summed E-state index contributed by atoms with van der Waals surface area (Å²) in [5.41, 5.74) is 4.95. The number of primary amides is 1. The van der Waals surface area contributed by atoms with E-state index in [0.717, 1.165) is 0 Å². The van der Waals surface area contributed by atoms with Crippen LogP contribution in [0.5, 0.6) is 0 Å². The van der Waals surface area contributed by atoms with E-state index in [1.165, 1.54) is 12.3 Å². The van der Waals surface area contributed by atoms with E-state index in [-0.39, 0.29) is 11.3 Å². The molecule has 0 radical (unpaired) electrons. The van der Waals surface area contributed by atoms with Gasteiger partial charge in [-0.15, -0.1) is 0 Å². The highest BCUT2D eigenvalue weighted by molar-refractivity contribution is 9.10. The van der Waals surface area contributed by atoms with E-state index in [0.29, 0.717) is 4.60 Å². The molecule has 1 aromatic heterocycles. The monoisotopic (exact) mass is 315 g/mol. The van der Waals surface area contributed by atoms with Crippen molar-refractivity contribution in [2.45, 2.75) is 26.4 Å². The molecule has 6 nitrogen and oxygen atoms in total. The summed E-state index contributed by atoms with van der Waals surface area (Å²) >= 11 is 3.12. The van der Waals surface area contributed by atoms with Crippen molar-refractivity contribution in [1.82, 2.24) is 4.98 Å². The van der Waals surface area contributed by atoms with Crippen LogP contribution < -0.4 is 11.1 Å². The first kappa shape index (κ1) is 14.4. The fourth-order valence-electron chi connectivity index (χ4n) is 1.15. The van der Waals surface area contributed by atoms with Gasteiger partial charge < -0.3 is 10.5 Å². The minimum Gasteiger partial charge on any atom is -0.444 e. The van der Waals surface area contributed by atoms with Crippen molar-refractivity contribution in [3.63, 3.8) is 0 Å². The Labute approximate surface area is 113 Å². The van der Waals surface area contributed by atoms with Gasteiger partial charge in [0.1, 0.15) is 10.2 Å². The van der Waals surface area contributed by atoms with Crippen molar-refractivity contribution in [3.8, 4) is 0 Å². The lowest BCUT2D eigenvalue weighted by atomic mass is 10.2. The molecule has 0 aliphatic rings. The van der Waals surface area contributed by atoms with Crippen LogP contribution in [0.3, 0.4) is 0 Å². The molecule has 1 aromatic rings. The molecule has 0 unspecified atom stereocenters. The van der Waals surface area contributed by atoms with Crippen LogP contribution in [0.1, 0.15) is 31.1 Å². The first-order valence-electron chi connectivity index (χ1n) is 5.14. The molecule has 0 aliphatic heterocycles. The number of amides is 2. The standard InChI is InChI=1S/C11H14BrN3O3/c1-11(2,3)18-10(17)15-7-5-14-8(12)4-6(7)9(13)16/h4-5H,1-3H3,(H2,13,16)(H,15,17). The van der Waals surface area contributed by atoms with E-state index in [4.69, 9.17) is 10.5 Å². The Morgan fingerprint density at radius 3 is 2.56 bits per heavy atom. The molecule has 98 valence electrons. The Morgan fingerprint density at radius 2 is 2.06 bits per heavy atom. The van der Waals surface area contributed by atoms with Crippen LogP contribution in [-0.4, -0.2) is 22.6 Å². The molecule has 2 amide bonds. The molecule has 1 heterocycles. The highest BCUT2D eigenvalue weighted by atomic mass is 79.9. The smallest absolute Gasteiger partial charge is 0.412 e. The van der Waals surface area contributed by atoms with Crippen molar-refractivity contribution < 1.29 is 14.3 Å². The highest BCUT2D eigenvalue weighted by Crippen LogP contribution is 2.19. The number of nitrogens with one attached hydrogen (secondary N) is 1.